The van der Waals surface area contributed by atoms with E-state index in [-0.39, 0.29) is 17.4 Å². The van der Waals surface area contributed by atoms with Crippen LogP contribution in [0.3, 0.4) is 0 Å². The molecule has 216 valence electrons. The van der Waals surface area contributed by atoms with Gasteiger partial charge in [-0.25, -0.2) is 23.4 Å². The van der Waals surface area contributed by atoms with Gasteiger partial charge in [0.25, 0.3) is 10.0 Å². The second kappa shape index (κ2) is 11.4. The Labute approximate surface area is 239 Å². The van der Waals surface area contributed by atoms with Crippen LogP contribution in [0.4, 0.5) is 17.3 Å². The first-order chi connectivity index (χ1) is 19.8. The van der Waals surface area contributed by atoms with Crippen molar-refractivity contribution in [1.82, 2.24) is 24.1 Å². The van der Waals surface area contributed by atoms with Gasteiger partial charge in [-0.3, -0.25) is 0 Å². The molecule has 3 aliphatic carbocycles. The third-order valence-electron chi connectivity index (χ3n) is 8.01. The molecule has 3 aliphatic rings. The molecule has 12 heteroatoms. The average molecular weight is 578 g/mol. The van der Waals surface area contributed by atoms with Crippen LogP contribution in [-0.4, -0.2) is 65.8 Å². The van der Waals surface area contributed by atoms with E-state index < -0.39 is 15.6 Å². The highest BCUT2D eigenvalue weighted by molar-refractivity contribution is 7.90. The number of aliphatic hydroxyl groups excluding tert-OH is 1. The number of anilines is 3. The zero-order chi connectivity index (χ0) is 28.5. The van der Waals surface area contributed by atoms with E-state index in [0.29, 0.717) is 54.3 Å². The third-order valence-corrected chi connectivity index (χ3v) is 10.0. The SMILES string of the molecule is O=S(=O)(C1CC1)n1cc(-c2nccc(Nc3cc(NC4CCC(O)CC4)c(C#CC4(O)CCCCC4)cn3)n2)cn1. The maximum Gasteiger partial charge on any atom is 0.256 e. The Morgan fingerprint density at radius 1 is 1.00 bits per heavy atom. The highest BCUT2D eigenvalue weighted by Crippen LogP contribution is 2.31. The minimum atomic E-state index is -3.48. The van der Waals surface area contributed by atoms with Crippen LogP contribution < -0.4 is 10.6 Å². The first-order valence-corrected chi connectivity index (χ1v) is 15.9. The minimum Gasteiger partial charge on any atom is -0.393 e. The van der Waals surface area contributed by atoms with E-state index in [1.165, 1.54) is 12.4 Å². The normalized spacial score (nSPS) is 22.4. The number of hydrogen-bond acceptors (Lipinski definition) is 10. The van der Waals surface area contributed by atoms with Crippen LogP contribution in [0, 0.1) is 11.8 Å². The molecule has 3 aromatic rings. The van der Waals surface area contributed by atoms with Gasteiger partial charge < -0.3 is 20.8 Å². The molecule has 0 atom stereocenters. The molecule has 3 aromatic heterocycles. The van der Waals surface area contributed by atoms with Crippen molar-refractivity contribution in [2.24, 2.45) is 0 Å². The fraction of sp³-hybridized carbons (Fsp3) is 0.517. The number of hydrogen-bond donors (Lipinski definition) is 4. The third kappa shape index (κ3) is 6.53. The summed E-state index contributed by atoms with van der Waals surface area (Å²) in [5.74, 6) is 7.67. The fourth-order valence-electron chi connectivity index (χ4n) is 5.40. The van der Waals surface area contributed by atoms with Gasteiger partial charge in [0.05, 0.1) is 40.6 Å². The zero-order valence-corrected chi connectivity index (χ0v) is 23.6. The maximum absolute atomic E-state index is 12.5. The van der Waals surface area contributed by atoms with Crippen LogP contribution in [0.2, 0.25) is 0 Å². The molecule has 4 N–H and O–H groups in total. The van der Waals surface area contributed by atoms with Gasteiger partial charge in [-0.2, -0.15) is 9.19 Å². The van der Waals surface area contributed by atoms with Crippen molar-refractivity contribution in [2.75, 3.05) is 10.6 Å². The largest absolute Gasteiger partial charge is 0.393 e. The molecule has 0 unspecified atom stereocenters. The summed E-state index contributed by atoms with van der Waals surface area (Å²) in [7, 11) is -3.48. The van der Waals surface area contributed by atoms with Crippen molar-refractivity contribution in [3.63, 3.8) is 0 Å². The van der Waals surface area contributed by atoms with E-state index in [2.05, 4.69) is 42.5 Å². The monoisotopic (exact) mass is 577 g/mol. The molecule has 3 fully saturated rings. The number of aromatic nitrogens is 5. The first-order valence-electron chi connectivity index (χ1n) is 14.4. The van der Waals surface area contributed by atoms with Gasteiger partial charge >= 0.3 is 0 Å². The van der Waals surface area contributed by atoms with Crippen molar-refractivity contribution >= 4 is 27.3 Å². The molecule has 0 amide bonds. The Hall–Kier alpha value is -3.53. The standard InChI is InChI=1S/C29H35N7O4S/c37-23-6-4-22(5-7-23)33-25-16-27(31-17-20(25)10-14-29(38)12-2-1-3-13-29)34-26-11-15-30-28(35-26)21-18-32-36(19-21)41(39,40)24-8-9-24/h11,15-19,22-24,37-38H,1-9,12-13H2,(H2,30,31,33,34,35). The Balaban J connectivity index is 1.24. The van der Waals surface area contributed by atoms with Crippen LogP contribution >= 0.6 is 0 Å². The van der Waals surface area contributed by atoms with Gasteiger partial charge in [0.15, 0.2) is 5.82 Å². The van der Waals surface area contributed by atoms with Gasteiger partial charge in [-0.1, -0.05) is 18.3 Å². The summed E-state index contributed by atoms with van der Waals surface area (Å²) in [5.41, 5.74) is 1.04. The molecule has 0 aliphatic heterocycles. The van der Waals surface area contributed by atoms with Crippen molar-refractivity contribution in [2.45, 2.75) is 93.6 Å². The van der Waals surface area contributed by atoms with Crippen molar-refractivity contribution in [3.05, 3.63) is 42.5 Å². The molecule has 0 radical (unpaired) electrons. The lowest BCUT2D eigenvalue weighted by Crippen LogP contribution is -2.29. The summed E-state index contributed by atoms with van der Waals surface area (Å²) in [6, 6.07) is 3.78. The van der Waals surface area contributed by atoms with E-state index in [1.807, 2.05) is 6.07 Å². The number of nitrogens with zero attached hydrogens (tertiary/aromatic N) is 5. The van der Waals surface area contributed by atoms with Gasteiger partial charge in [0.1, 0.15) is 17.2 Å². The summed E-state index contributed by atoms with van der Waals surface area (Å²) < 4.78 is 26.0. The molecule has 11 nitrogen and oxygen atoms in total. The molecule has 3 heterocycles. The highest BCUT2D eigenvalue weighted by atomic mass is 32.2. The molecule has 0 aromatic carbocycles. The zero-order valence-electron chi connectivity index (χ0n) is 22.8. The lowest BCUT2D eigenvalue weighted by Gasteiger charge is -2.28. The highest BCUT2D eigenvalue weighted by Gasteiger charge is 2.37. The first kappa shape index (κ1) is 27.6. The van der Waals surface area contributed by atoms with Crippen molar-refractivity contribution in [1.29, 1.82) is 0 Å². The lowest BCUT2D eigenvalue weighted by molar-refractivity contribution is 0.0610. The Bertz CT molecular complexity index is 1560. The number of aliphatic hydroxyl groups is 2. The van der Waals surface area contributed by atoms with E-state index in [1.54, 1.807) is 18.5 Å². The summed E-state index contributed by atoms with van der Waals surface area (Å²) in [6.07, 6.45) is 14.9. The second-order valence-corrected chi connectivity index (χ2v) is 13.4. The van der Waals surface area contributed by atoms with Gasteiger partial charge in [-0.05, 0) is 70.3 Å². The quantitative estimate of drug-likeness (QED) is 0.306. The maximum atomic E-state index is 12.5. The van der Waals surface area contributed by atoms with E-state index in [9.17, 15) is 18.6 Å². The molecule has 6 rings (SSSR count). The average Bonchev–Trinajstić information content (AvgIpc) is 3.71. The summed E-state index contributed by atoms with van der Waals surface area (Å²) in [6.45, 7) is 0. The fourth-order valence-corrected chi connectivity index (χ4v) is 6.88. The van der Waals surface area contributed by atoms with Crippen molar-refractivity contribution in [3.8, 4) is 23.2 Å². The van der Waals surface area contributed by atoms with Crippen molar-refractivity contribution < 1.29 is 18.6 Å². The number of nitrogens with one attached hydrogen (secondary N) is 2. The molecule has 0 spiro atoms. The van der Waals surface area contributed by atoms with E-state index in [4.69, 9.17) is 0 Å². The molecular formula is C29H35N7O4S. The topological polar surface area (TPSA) is 155 Å². The van der Waals surface area contributed by atoms with Crippen LogP contribution in [0.15, 0.2) is 36.9 Å². The Kier molecular flexibility index (Phi) is 7.68. The Morgan fingerprint density at radius 3 is 2.54 bits per heavy atom. The lowest BCUT2D eigenvalue weighted by atomic mass is 9.85. The Morgan fingerprint density at radius 2 is 1.78 bits per heavy atom. The van der Waals surface area contributed by atoms with Gasteiger partial charge in [0.2, 0.25) is 0 Å². The van der Waals surface area contributed by atoms with E-state index >= 15 is 0 Å². The molecule has 0 bridgehead atoms. The predicted octanol–water partition coefficient (Wildman–Crippen LogP) is 3.58. The summed E-state index contributed by atoms with van der Waals surface area (Å²) in [4.78, 5) is 13.4. The molecular weight excluding hydrogens is 542 g/mol. The van der Waals surface area contributed by atoms with Crippen LogP contribution in [0.1, 0.15) is 76.2 Å². The van der Waals surface area contributed by atoms with Gasteiger partial charge in [-0.15, -0.1) is 0 Å². The smallest absolute Gasteiger partial charge is 0.256 e. The predicted molar refractivity (Wildman–Crippen MR) is 155 cm³/mol. The number of rotatable bonds is 7. The van der Waals surface area contributed by atoms with Crippen LogP contribution in [0.5, 0.6) is 0 Å². The molecule has 0 saturated heterocycles. The van der Waals surface area contributed by atoms with E-state index in [0.717, 1.165) is 54.7 Å². The van der Waals surface area contributed by atoms with Crippen LogP contribution in [-0.2, 0) is 10.0 Å². The molecule has 3 saturated carbocycles. The van der Waals surface area contributed by atoms with Gasteiger partial charge in [0, 0.05) is 24.5 Å². The number of pyridine rings is 1. The minimum absolute atomic E-state index is 0.195. The molecule has 41 heavy (non-hydrogen) atoms. The second-order valence-electron chi connectivity index (χ2n) is 11.3. The summed E-state index contributed by atoms with van der Waals surface area (Å²) in [5, 5.41) is 31.3. The summed E-state index contributed by atoms with van der Waals surface area (Å²) >= 11 is 0. The van der Waals surface area contributed by atoms with Crippen LogP contribution in [0.25, 0.3) is 11.4 Å².